The first-order valence-electron chi connectivity index (χ1n) is 20.0. The number of ether oxygens (including phenoxy) is 8. The van der Waals surface area contributed by atoms with E-state index in [1.165, 1.54) is 33.5 Å². The molecular weight excluding hydrogens is 758 g/mol. The van der Waals surface area contributed by atoms with E-state index in [1.54, 1.807) is 65.8 Å². The molecule has 16 heteroatoms. The first-order chi connectivity index (χ1) is 27.4. The van der Waals surface area contributed by atoms with Gasteiger partial charge in [0.2, 0.25) is 0 Å². The number of hydrogen-bond acceptors (Lipinski definition) is 16. The van der Waals surface area contributed by atoms with E-state index in [0.29, 0.717) is 12.0 Å². The summed E-state index contributed by atoms with van der Waals surface area (Å²) < 4.78 is 46.6. The summed E-state index contributed by atoms with van der Waals surface area (Å²) in [6.45, 7) is 10.4. The molecule has 16 nitrogen and oxygen atoms in total. The Bertz CT molecular complexity index is 1460. The third kappa shape index (κ3) is 13.0. The summed E-state index contributed by atoms with van der Waals surface area (Å²) in [6.07, 6.45) is -0.674. The van der Waals surface area contributed by atoms with Crippen LogP contribution in [0.25, 0.3) is 0 Å². The number of carbonyl (C=O) groups excluding carboxylic acids is 3. The van der Waals surface area contributed by atoms with Crippen molar-refractivity contribution in [2.24, 2.45) is 23.7 Å². The van der Waals surface area contributed by atoms with E-state index < -0.39 is 115 Å². The highest BCUT2D eigenvalue weighted by atomic mass is 16.7. The molecule has 0 aliphatic carbocycles. The first kappa shape index (κ1) is 49.3. The number of esters is 2. The van der Waals surface area contributed by atoms with E-state index in [0.717, 1.165) is 6.08 Å². The minimum absolute atomic E-state index is 0.0152. The highest BCUT2D eigenvalue weighted by Crippen LogP contribution is 2.35. The zero-order chi connectivity index (χ0) is 43.4. The van der Waals surface area contributed by atoms with E-state index in [-0.39, 0.29) is 25.2 Å². The number of ketones is 1. The highest BCUT2D eigenvalue weighted by molar-refractivity contribution is 5.91. The van der Waals surface area contributed by atoms with Crippen molar-refractivity contribution in [3.05, 3.63) is 47.8 Å². The van der Waals surface area contributed by atoms with Gasteiger partial charge in [-0.05, 0) is 66.1 Å². The Labute approximate surface area is 342 Å². The van der Waals surface area contributed by atoms with Crippen LogP contribution >= 0.6 is 0 Å². The second kappa shape index (κ2) is 23.1. The van der Waals surface area contributed by atoms with Gasteiger partial charge in [0.1, 0.15) is 36.3 Å². The molecule has 0 saturated carbocycles. The maximum Gasteiger partial charge on any atom is 0.334 e. The number of hydrogen-bond donors (Lipinski definition) is 4. The third-order valence-corrected chi connectivity index (χ3v) is 11.3. The standard InChI is InChI=1S/C42H67NO15/c1-12-31-28(21-54-42-40(53-11)39(52-10)36(49)26(6)56-42)18-22(2)16-17-29(44)23(3)19-27(14-13-15-32(46)51-9)38(24(4)30(45)20-33(47)57-31)58-41-37(50)34(43(7)8)35(48)25(5)55-41/h13,15-18,20,23-28,31,34-42,45,48-50H,12,14,19,21H2,1-11H3/b15-13+,17-16+,22-18+,30-20-/t23-,24+,25+,26-,27+,28-,31-,34-,35+,36-,37+,38-,39-,40-,41-,42-/m1/s1. The molecule has 0 aromatic carbocycles. The van der Waals surface area contributed by atoms with Gasteiger partial charge in [-0.1, -0.05) is 44.6 Å². The lowest BCUT2D eigenvalue weighted by Gasteiger charge is -2.46. The summed E-state index contributed by atoms with van der Waals surface area (Å²) in [5, 5.41) is 44.5. The lowest BCUT2D eigenvalue weighted by Crippen LogP contribution is -2.63. The second-order valence-corrected chi connectivity index (χ2v) is 15.8. The minimum Gasteiger partial charge on any atom is -0.512 e. The van der Waals surface area contributed by atoms with Gasteiger partial charge >= 0.3 is 11.9 Å². The van der Waals surface area contributed by atoms with Crippen molar-refractivity contribution < 1.29 is 72.7 Å². The zero-order valence-electron chi connectivity index (χ0n) is 35.8. The smallest absolute Gasteiger partial charge is 0.334 e. The van der Waals surface area contributed by atoms with E-state index in [4.69, 9.17) is 37.9 Å². The highest BCUT2D eigenvalue weighted by Gasteiger charge is 2.48. The zero-order valence-corrected chi connectivity index (χ0v) is 35.8. The molecule has 16 atom stereocenters. The Balaban J connectivity index is 2.06. The number of rotatable bonds is 12. The predicted molar refractivity (Wildman–Crippen MR) is 211 cm³/mol. The van der Waals surface area contributed by atoms with Crippen molar-refractivity contribution in [2.75, 3.05) is 42.0 Å². The van der Waals surface area contributed by atoms with Crippen molar-refractivity contribution in [1.82, 2.24) is 4.90 Å². The van der Waals surface area contributed by atoms with Crippen molar-refractivity contribution in [3.8, 4) is 0 Å². The van der Waals surface area contributed by atoms with Crippen molar-refractivity contribution in [2.45, 2.75) is 134 Å². The Morgan fingerprint density at radius 2 is 1.55 bits per heavy atom. The average Bonchev–Trinajstić information content (AvgIpc) is 3.18. The molecule has 58 heavy (non-hydrogen) atoms. The van der Waals surface area contributed by atoms with E-state index in [1.807, 2.05) is 13.0 Å². The van der Waals surface area contributed by atoms with Crippen LogP contribution in [0.15, 0.2) is 47.8 Å². The number of carbonyl (C=O) groups is 3. The molecule has 3 aliphatic heterocycles. The van der Waals surface area contributed by atoms with Gasteiger partial charge in [0, 0.05) is 38.0 Å². The van der Waals surface area contributed by atoms with Gasteiger partial charge in [-0.15, -0.1) is 0 Å². The van der Waals surface area contributed by atoms with Crippen LogP contribution in [0, 0.1) is 23.7 Å². The molecule has 0 amide bonds. The Morgan fingerprint density at radius 3 is 2.16 bits per heavy atom. The summed E-state index contributed by atoms with van der Waals surface area (Å²) >= 11 is 0. The number of cyclic esters (lactones) is 1. The van der Waals surface area contributed by atoms with Gasteiger partial charge in [0.15, 0.2) is 18.4 Å². The first-order valence-corrected chi connectivity index (χ1v) is 20.0. The quantitative estimate of drug-likeness (QED) is 0.165. The summed E-state index contributed by atoms with van der Waals surface area (Å²) in [5.74, 6) is -4.69. The van der Waals surface area contributed by atoms with Crippen LogP contribution in [0.3, 0.4) is 0 Å². The lowest BCUT2D eigenvalue weighted by molar-refractivity contribution is -0.304. The molecule has 2 saturated heterocycles. The molecular formula is C42H67NO15. The fourth-order valence-corrected chi connectivity index (χ4v) is 7.83. The SMILES string of the molecule is CC[C@H]1OC(=O)/C=C(\O)[C@H](C)[C@@H](O[C@H]2O[C@@H](C)[C@H](O)[C@@H](N(C)C)[C@@H]2O)[C@@H](C/C=C/C(=O)OC)C[C@@H](C)C(=O)/C=C/C(C)=C/[C@@H]1CO[C@@H]1O[C@H](C)[C@@H](O)[C@@H](OC)[C@H]1OC. The Hall–Kier alpha value is -3.03. The number of allylic oxidation sites excluding steroid dienone is 4. The van der Waals surface area contributed by atoms with Crippen LogP contribution in [0.5, 0.6) is 0 Å². The van der Waals surface area contributed by atoms with Crippen LogP contribution in [-0.2, 0) is 52.3 Å². The van der Waals surface area contributed by atoms with Crippen molar-refractivity contribution in [3.63, 3.8) is 0 Å². The topological polar surface area (TPSA) is 209 Å². The number of aliphatic hydroxyl groups excluding tert-OH is 4. The molecule has 0 spiro atoms. The van der Waals surface area contributed by atoms with Gasteiger partial charge in [-0.2, -0.15) is 0 Å². The largest absolute Gasteiger partial charge is 0.512 e. The molecule has 0 bridgehead atoms. The van der Waals surface area contributed by atoms with Gasteiger partial charge in [-0.3, -0.25) is 4.79 Å². The maximum absolute atomic E-state index is 13.7. The molecule has 0 radical (unpaired) electrons. The van der Waals surface area contributed by atoms with Crippen LogP contribution in [0.2, 0.25) is 0 Å². The molecule has 0 unspecified atom stereocenters. The number of nitrogens with zero attached hydrogens (tertiary/aromatic N) is 1. The van der Waals surface area contributed by atoms with Gasteiger partial charge in [0.05, 0.1) is 50.3 Å². The Kier molecular flexibility index (Phi) is 19.6. The van der Waals surface area contributed by atoms with E-state index >= 15 is 0 Å². The third-order valence-electron chi connectivity index (χ3n) is 11.3. The molecule has 3 rings (SSSR count). The van der Waals surface area contributed by atoms with Gasteiger partial charge in [-0.25, -0.2) is 9.59 Å². The molecule has 4 N–H and O–H groups in total. The summed E-state index contributed by atoms with van der Waals surface area (Å²) in [5.41, 5.74) is 0.683. The molecule has 2 fully saturated rings. The summed E-state index contributed by atoms with van der Waals surface area (Å²) in [6, 6.07) is -0.765. The van der Waals surface area contributed by atoms with Crippen LogP contribution in [-0.4, -0.2) is 159 Å². The Morgan fingerprint density at radius 1 is 0.914 bits per heavy atom. The fraction of sp³-hybridized carbons (Fsp3) is 0.738. The summed E-state index contributed by atoms with van der Waals surface area (Å²) in [4.78, 5) is 41.1. The van der Waals surface area contributed by atoms with E-state index in [9.17, 15) is 34.8 Å². The molecule has 3 heterocycles. The van der Waals surface area contributed by atoms with E-state index in [2.05, 4.69) is 0 Å². The van der Waals surface area contributed by atoms with Crippen molar-refractivity contribution >= 4 is 17.7 Å². The summed E-state index contributed by atoms with van der Waals surface area (Å²) in [7, 11) is 7.59. The molecule has 0 aromatic rings. The van der Waals surface area contributed by atoms with Gasteiger partial charge < -0.3 is 63.2 Å². The lowest BCUT2D eigenvalue weighted by atomic mass is 9.81. The maximum atomic E-state index is 13.7. The minimum atomic E-state index is -1.33. The molecule has 330 valence electrons. The fourth-order valence-electron chi connectivity index (χ4n) is 7.83. The average molecular weight is 826 g/mol. The second-order valence-electron chi connectivity index (χ2n) is 15.8. The molecule has 0 aromatic heterocycles. The van der Waals surface area contributed by atoms with Crippen molar-refractivity contribution in [1.29, 1.82) is 0 Å². The number of aliphatic hydroxyl groups is 4. The number of likely N-dealkylation sites (N-methyl/N-ethyl adjacent to an activating group) is 1. The number of methoxy groups -OCH3 is 3. The van der Waals surface area contributed by atoms with Crippen LogP contribution in [0.1, 0.15) is 60.8 Å². The normalized spacial score (nSPS) is 41.0. The monoisotopic (exact) mass is 825 g/mol. The van der Waals surface area contributed by atoms with Gasteiger partial charge in [0.25, 0.3) is 0 Å². The predicted octanol–water partition coefficient (Wildman–Crippen LogP) is 2.78. The van der Waals surface area contributed by atoms with Crippen LogP contribution < -0.4 is 0 Å². The van der Waals surface area contributed by atoms with Crippen LogP contribution in [0.4, 0.5) is 0 Å². The molecule has 3 aliphatic rings.